The average molecular weight is 458 g/mol. The van der Waals surface area contributed by atoms with E-state index in [1.807, 2.05) is 62.4 Å². The number of likely N-dealkylation sites (tertiary alicyclic amines) is 1. The van der Waals surface area contributed by atoms with Crippen molar-refractivity contribution in [3.63, 3.8) is 0 Å². The van der Waals surface area contributed by atoms with E-state index in [1.165, 1.54) is 0 Å². The van der Waals surface area contributed by atoms with E-state index in [0.717, 1.165) is 28.0 Å². The molecule has 2 bridgehead atoms. The summed E-state index contributed by atoms with van der Waals surface area (Å²) in [5.74, 6) is -2.35. The van der Waals surface area contributed by atoms with Crippen molar-refractivity contribution in [2.24, 2.45) is 23.7 Å². The monoisotopic (exact) mass is 457 g/mol. The van der Waals surface area contributed by atoms with E-state index in [4.69, 9.17) is 4.74 Å². The second kappa shape index (κ2) is 8.67. The Morgan fingerprint density at radius 1 is 0.941 bits per heavy atom. The summed E-state index contributed by atoms with van der Waals surface area (Å²) in [5.41, 5.74) is 3.31. The lowest BCUT2D eigenvalue weighted by atomic mass is 9.85. The van der Waals surface area contributed by atoms with Crippen LogP contribution in [0.4, 0.5) is 0 Å². The summed E-state index contributed by atoms with van der Waals surface area (Å²) in [6, 6.07) is 13.5. The Morgan fingerprint density at radius 3 is 2.21 bits per heavy atom. The topological polar surface area (TPSA) is 80.8 Å². The maximum Gasteiger partial charge on any atom is 0.330 e. The van der Waals surface area contributed by atoms with Crippen molar-refractivity contribution < 1.29 is 23.9 Å². The minimum atomic E-state index is -1.10. The molecule has 2 fully saturated rings. The van der Waals surface area contributed by atoms with Crippen LogP contribution in [0.1, 0.15) is 33.5 Å². The molecule has 1 saturated heterocycles. The number of hydrogen-bond acceptors (Lipinski definition) is 5. The predicted molar refractivity (Wildman–Crippen MR) is 125 cm³/mol. The molecule has 0 radical (unpaired) electrons. The molecule has 1 aliphatic heterocycles. The maximum atomic E-state index is 13.3. The largest absolute Gasteiger partial charge is 0.456 e. The molecule has 5 rings (SSSR count). The smallest absolute Gasteiger partial charge is 0.330 e. The first-order chi connectivity index (χ1) is 16.3. The number of carbonyl (C=O) groups excluding carboxylic acids is 4. The number of Topliss-reactive ketones (excluding diaryl/α,β-unsaturated/α-hetero) is 1. The van der Waals surface area contributed by atoms with Gasteiger partial charge in [0.25, 0.3) is 0 Å². The predicted octanol–water partition coefficient (Wildman–Crippen LogP) is 3.45. The Labute approximate surface area is 198 Å². The van der Waals surface area contributed by atoms with Crippen LogP contribution in [0.5, 0.6) is 0 Å². The Balaban J connectivity index is 1.36. The highest BCUT2D eigenvalue weighted by molar-refractivity contribution is 6.09. The summed E-state index contributed by atoms with van der Waals surface area (Å²) in [5, 5.41) is 0. The molecule has 174 valence electrons. The quantitative estimate of drug-likeness (QED) is 0.275. The molecule has 3 aliphatic rings. The number of carbonyl (C=O) groups is 4. The number of fused-ring (bicyclic) bond motifs is 5. The van der Waals surface area contributed by atoms with Gasteiger partial charge in [0.15, 0.2) is 12.4 Å². The molecule has 1 saturated carbocycles. The maximum absolute atomic E-state index is 13.3. The first-order valence-electron chi connectivity index (χ1n) is 11.7. The van der Waals surface area contributed by atoms with Crippen molar-refractivity contribution in [1.29, 1.82) is 0 Å². The fourth-order valence-corrected chi connectivity index (χ4v) is 5.58. The fraction of sp³-hybridized carbons (Fsp3) is 0.357. The van der Waals surface area contributed by atoms with Crippen LogP contribution < -0.4 is 0 Å². The van der Waals surface area contributed by atoms with Crippen LogP contribution in [-0.4, -0.2) is 41.1 Å². The Bertz CT molecular complexity index is 1170. The van der Waals surface area contributed by atoms with E-state index < -0.39 is 30.5 Å². The van der Waals surface area contributed by atoms with Crippen LogP contribution in [0.3, 0.4) is 0 Å². The number of esters is 1. The van der Waals surface area contributed by atoms with E-state index in [0.29, 0.717) is 5.56 Å². The van der Waals surface area contributed by atoms with Gasteiger partial charge in [-0.25, -0.2) is 4.79 Å². The van der Waals surface area contributed by atoms with E-state index in [-0.39, 0.29) is 35.9 Å². The van der Waals surface area contributed by atoms with Crippen molar-refractivity contribution in [3.05, 3.63) is 82.9 Å². The van der Waals surface area contributed by atoms with Crippen molar-refractivity contribution in [3.8, 4) is 0 Å². The molecule has 6 heteroatoms. The van der Waals surface area contributed by atoms with Gasteiger partial charge in [0.2, 0.25) is 11.8 Å². The number of nitrogens with zero attached hydrogens (tertiary/aromatic N) is 1. The molecule has 0 N–H and O–H groups in total. The van der Waals surface area contributed by atoms with Crippen molar-refractivity contribution in [2.45, 2.75) is 32.7 Å². The van der Waals surface area contributed by atoms with Crippen LogP contribution in [0.25, 0.3) is 0 Å². The lowest BCUT2D eigenvalue weighted by Gasteiger charge is -2.26. The molecule has 5 atom stereocenters. The zero-order chi connectivity index (χ0) is 24.0. The number of ketones is 1. The molecule has 2 aromatic rings. The van der Waals surface area contributed by atoms with Gasteiger partial charge in [-0.15, -0.1) is 0 Å². The number of allylic oxidation sites excluding steroid dienone is 2. The third kappa shape index (κ3) is 3.77. The number of benzene rings is 2. The highest BCUT2D eigenvalue weighted by atomic mass is 16.5. The number of hydrogen-bond donors (Lipinski definition) is 0. The molecule has 34 heavy (non-hydrogen) atoms. The molecule has 2 aromatic carbocycles. The lowest BCUT2D eigenvalue weighted by molar-refractivity contribution is -0.158. The summed E-state index contributed by atoms with van der Waals surface area (Å²) < 4.78 is 5.41. The first-order valence-corrected chi connectivity index (χ1v) is 11.7. The third-order valence-corrected chi connectivity index (χ3v) is 7.53. The van der Waals surface area contributed by atoms with Crippen LogP contribution >= 0.6 is 0 Å². The molecule has 0 aromatic heterocycles. The summed E-state index contributed by atoms with van der Waals surface area (Å²) >= 11 is 0. The summed E-state index contributed by atoms with van der Waals surface area (Å²) in [6.45, 7) is 3.43. The van der Waals surface area contributed by atoms with Gasteiger partial charge in [0.05, 0.1) is 11.8 Å². The standard InChI is InChI=1S/C28H27NO5/c1-16-8-9-19(12-17(16)2)23(30)15-34-28(33)22(13-18-6-4-3-5-7-18)29-26(31)24-20-10-11-21(14-20)25(24)27(29)32/h3-12,20-22,24-25H,13-15H2,1-2H3/t20-,21-,22-,24-,25-/m0/s1. The molecule has 0 unspecified atom stereocenters. The summed E-state index contributed by atoms with van der Waals surface area (Å²) in [7, 11) is 0. The zero-order valence-electron chi connectivity index (χ0n) is 19.3. The molecule has 0 spiro atoms. The van der Waals surface area contributed by atoms with Crippen molar-refractivity contribution >= 4 is 23.6 Å². The van der Waals surface area contributed by atoms with Crippen molar-refractivity contribution in [1.82, 2.24) is 4.90 Å². The van der Waals surface area contributed by atoms with E-state index in [2.05, 4.69) is 0 Å². The fourth-order valence-electron chi connectivity index (χ4n) is 5.58. The minimum absolute atomic E-state index is 0.0520. The molecular weight excluding hydrogens is 430 g/mol. The van der Waals surface area contributed by atoms with Gasteiger partial charge in [-0.2, -0.15) is 0 Å². The highest BCUT2D eigenvalue weighted by Crippen LogP contribution is 2.53. The SMILES string of the molecule is Cc1ccc(C(=O)COC(=O)[C@H](Cc2ccccc2)N2C(=O)[C@@H]3[C@@H](C2=O)[C@H]2C=C[C@H]3C2)cc1C. The van der Waals surface area contributed by atoms with Gasteiger partial charge in [0.1, 0.15) is 6.04 Å². The Hall–Kier alpha value is -3.54. The van der Waals surface area contributed by atoms with Crippen LogP contribution in [0.2, 0.25) is 0 Å². The molecule has 6 nitrogen and oxygen atoms in total. The second-order valence-electron chi connectivity index (χ2n) is 9.58. The summed E-state index contributed by atoms with van der Waals surface area (Å²) in [4.78, 5) is 53.7. The van der Waals surface area contributed by atoms with Crippen LogP contribution in [-0.2, 0) is 25.5 Å². The van der Waals surface area contributed by atoms with Gasteiger partial charge in [-0.3, -0.25) is 19.3 Å². The van der Waals surface area contributed by atoms with E-state index in [1.54, 1.807) is 12.1 Å². The average Bonchev–Trinajstić information content (AvgIpc) is 3.52. The number of ether oxygens (including phenoxy) is 1. The second-order valence-corrected chi connectivity index (χ2v) is 9.58. The summed E-state index contributed by atoms with van der Waals surface area (Å²) in [6.07, 6.45) is 5.01. The Kier molecular flexibility index (Phi) is 5.68. The number of aryl methyl sites for hydroxylation is 2. The van der Waals surface area contributed by atoms with Gasteiger partial charge in [0, 0.05) is 12.0 Å². The lowest BCUT2D eigenvalue weighted by Crippen LogP contribution is -2.48. The number of rotatable bonds is 7. The van der Waals surface area contributed by atoms with Gasteiger partial charge in [-0.1, -0.05) is 54.6 Å². The highest BCUT2D eigenvalue weighted by Gasteiger charge is 2.61. The van der Waals surface area contributed by atoms with Crippen molar-refractivity contribution in [2.75, 3.05) is 6.61 Å². The molecule has 2 amide bonds. The Morgan fingerprint density at radius 2 is 1.59 bits per heavy atom. The molecule has 1 heterocycles. The molecule has 2 aliphatic carbocycles. The van der Waals surface area contributed by atoms with Gasteiger partial charge < -0.3 is 4.74 Å². The van der Waals surface area contributed by atoms with Crippen LogP contribution in [0.15, 0.2) is 60.7 Å². The first kappa shape index (κ1) is 22.3. The zero-order valence-corrected chi connectivity index (χ0v) is 19.3. The number of imide groups is 1. The minimum Gasteiger partial charge on any atom is -0.456 e. The van der Waals surface area contributed by atoms with Gasteiger partial charge >= 0.3 is 5.97 Å². The van der Waals surface area contributed by atoms with Crippen LogP contribution in [0, 0.1) is 37.5 Å². The van der Waals surface area contributed by atoms with E-state index >= 15 is 0 Å². The molecular formula is C28H27NO5. The third-order valence-electron chi connectivity index (χ3n) is 7.53. The van der Waals surface area contributed by atoms with E-state index in [9.17, 15) is 19.2 Å². The van der Waals surface area contributed by atoms with Gasteiger partial charge in [-0.05, 0) is 54.9 Å². The number of amides is 2. The normalized spacial score (nSPS) is 25.5.